The molecule has 0 saturated heterocycles. The van der Waals surface area contributed by atoms with Gasteiger partial charge in [0.15, 0.2) is 11.6 Å². The van der Waals surface area contributed by atoms with Gasteiger partial charge in [-0.3, -0.25) is 9.59 Å². The van der Waals surface area contributed by atoms with Gasteiger partial charge in [0.2, 0.25) is 0 Å². The summed E-state index contributed by atoms with van der Waals surface area (Å²) in [7, 11) is 0. The fourth-order valence-electron chi connectivity index (χ4n) is 3.83. The van der Waals surface area contributed by atoms with Crippen LogP contribution in [0.1, 0.15) is 34.0 Å². The molecule has 0 bridgehead atoms. The zero-order valence-electron chi connectivity index (χ0n) is 16.1. The molecular weight excluding hydrogens is 360 g/mol. The Hall–Kier alpha value is -3.79. The maximum atomic E-state index is 13.4. The van der Waals surface area contributed by atoms with Crippen molar-refractivity contribution < 1.29 is 9.59 Å². The van der Waals surface area contributed by atoms with Crippen molar-refractivity contribution >= 4 is 46.5 Å². The monoisotopic (exact) mass is 378 g/mol. The second-order valence-electron chi connectivity index (χ2n) is 7.40. The van der Waals surface area contributed by atoms with Crippen LogP contribution < -0.4 is 15.8 Å². The molecule has 1 aliphatic carbocycles. The molecule has 0 aromatic heterocycles. The van der Waals surface area contributed by atoms with Crippen LogP contribution in [0, 0.1) is 6.92 Å². The van der Waals surface area contributed by atoms with Crippen molar-refractivity contribution in [2.75, 3.05) is 5.32 Å². The van der Waals surface area contributed by atoms with Gasteiger partial charge in [-0.25, -0.2) is 4.99 Å². The fourth-order valence-corrected chi connectivity index (χ4v) is 3.83. The van der Waals surface area contributed by atoms with Crippen LogP contribution >= 0.6 is 0 Å². The van der Waals surface area contributed by atoms with Gasteiger partial charge in [0.25, 0.3) is 0 Å². The average Bonchev–Trinajstić information content (AvgIpc) is 2.71. The lowest BCUT2D eigenvalue weighted by molar-refractivity contribution is -0.107. The number of aliphatic imine (C=N–C) groups is 1. The summed E-state index contributed by atoms with van der Waals surface area (Å²) in [6.45, 7) is 3.74. The first-order chi connectivity index (χ1) is 14.0. The molecule has 3 aromatic carbocycles. The number of hydrogen-bond donors (Lipinski definition) is 1. The third-order valence-electron chi connectivity index (χ3n) is 5.37. The van der Waals surface area contributed by atoms with Crippen molar-refractivity contribution in [1.29, 1.82) is 0 Å². The number of rotatable bonds is 2. The maximum Gasteiger partial charge on any atom is 0.200 e. The molecule has 29 heavy (non-hydrogen) atoms. The van der Waals surface area contributed by atoms with Crippen molar-refractivity contribution in [3.05, 3.63) is 87.3 Å². The highest BCUT2D eigenvalue weighted by molar-refractivity contribution is 6.51. The van der Waals surface area contributed by atoms with Gasteiger partial charge in [-0.2, -0.15) is 0 Å². The minimum Gasteiger partial charge on any atom is -0.355 e. The van der Waals surface area contributed by atoms with E-state index in [0.717, 1.165) is 22.0 Å². The molecular formula is C25H18N2O2. The normalized spacial score (nSPS) is 14.1. The van der Waals surface area contributed by atoms with E-state index < -0.39 is 0 Å². The molecule has 4 heteroatoms. The first-order valence-corrected chi connectivity index (χ1v) is 9.49. The molecule has 0 fully saturated rings. The highest BCUT2D eigenvalue weighted by Crippen LogP contribution is 2.28. The first kappa shape index (κ1) is 17.3. The van der Waals surface area contributed by atoms with Gasteiger partial charge in [-0.1, -0.05) is 42.0 Å². The molecule has 0 spiro atoms. The molecule has 1 N–H and O–H groups in total. The van der Waals surface area contributed by atoms with Crippen molar-refractivity contribution in [3.8, 4) is 0 Å². The quantitative estimate of drug-likeness (QED) is 0.580. The first-order valence-electron chi connectivity index (χ1n) is 9.49. The van der Waals surface area contributed by atoms with Crippen LogP contribution in [0.5, 0.6) is 0 Å². The average molecular weight is 378 g/mol. The number of anilines is 2. The number of nitrogens with zero attached hydrogens (tertiary/aromatic N) is 1. The molecule has 1 aliphatic heterocycles. The zero-order valence-corrected chi connectivity index (χ0v) is 16.1. The van der Waals surface area contributed by atoms with E-state index >= 15 is 0 Å². The van der Waals surface area contributed by atoms with Crippen LogP contribution in [-0.2, 0) is 4.79 Å². The Bertz CT molecular complexity index is 1360. The van der Waals surface area contributed by atoms with E-state index in [1.165, 1.54) is 0 Å². The lowest BCUT2D eigenvalue weighted by Gasteiger charge is -2.20. The summed E-state index contributed by atoms with van der Waals surface area (Å²) >= 11 is 0. The number of Topliss-reactive ketones (excluding diaryl/α,β-unsaturated/α-hetero) is 1. The van der Waals surface area contributed by atoms with E-state index in [9.17, 15) is 9.59 Å². The minimum absolute atomic E-state index is 0.0531. The Balaban J connectivity index is 1.82. The van der Waals surface area contributed by atoms with E-state index in [4.69, 9.17) is 0 Å². The number of aryl methyl sites for hydroxylation is 1. The number of carbonyl (C=O) groups excluding carboxylic acids is 2. The summed E-state index contributed by atoms with van der Waals surface area (Å²) in [5.41, 5.74) is 5.97. The second-order valence-corrected chi connectivity index (χ2v) is 7.40. The lowest BCUT2D eigenvalue weighted by Crippen LogP contribution is -2.38. The Labute approximate surface area is 167 Å². The highest BCUT2D eigenvalue weighted by Gasteiger charge is 2.25. The van der Waals surface area contributed by atoms with Crippen LogP contribution in [0.4, 0.5) is 17.1 Å². The maximum absolute atomic E-state index is 13.4. The Morgan fingerprint density at radius 2 is 1.62 bits per heavy atom. The SMILES string of the molecule is CC1=Nc2cc(Nc3ccc(C)cc3)c3c(c2=CC1=O)=Cc1ccccc1C3=O. The zero-order chi connectivity index (χ0) is 20.1. The number of benzene rings is 3. The molecule has 0 unspecified atom stereocenters. The van der Waals surface area contributed by atoms with Crippen LogP contribution in [0.15, 0.2) is 59.6 Å². The van der Waals surface area contributed by atoms with Gasteiger partial charge in [0.1, 0.15) is 0 Å². The number of fused-ring (bicyclic) bond motifs is 4. The highest BCUT2D eigenvalue weighted by atomic mass is 16.1. The Kier molecular flexibility index (Phi) is 3.81. The van der Waals surface area contributed by atoms with Crippen molar-refractivity contribution in [2.45, 2.75) is 13.8 Å². The Morgan fingerprint density at radius 3 is 2.41 bits per heavy atom. The second kappa shape index (κ2) is 6.38. The van der Waals surface area contributed by atoms with Crippen molar-refractivity contribution in [2.24, 2.45) is 4.99 Å². The molecule has 1 heterocycles. The molecule has 0 atom stereocenters. The van der Waals surface area contributed by atoms with E-state index in [-0.39, 0.29) is 11.6 Å². The number of nitrogens with one attached hydrogen (secondary N) is 1. The predicted molar refractivity (Wildman–Crippen MR) is 116 cm³/mol. The van der Waals surface area contributed by atoms with Crippen LogP contribution in [-0.4, -0.2) is 17.3 Å². The minimum atomic E-state index is -0.126. The van der Waals surface area contributed by atoms with Crippen molar-refractivity contribution in [1.82, 2.24) is 0 Å². The molecule has 0 saturated carbocycles. The van der Waals surface area contributed by atoms with Crippen LogP contribution in [0.25, 0.3) is 12.2 Å². The number of carbonyl (C=O) groups is 2. The molecule has 140 valence electrons. The smallest absolute Gasteiger partial charge is 0.200 e. The third-order valence-corrected chi connectivity index (χ3v) is 5.37. The van der Waals surface area contributed by atoms with Crippen LogP contribution in [0.2, 0.25) is 0 Å². The molecule has 4 nitrogen and oxygen atoms in total. The molecule has 5 rings (SSSR count). The van der Waals surface area contributed by atoms with Gasteiger partial charge >= 0.3 is 0 Å². The summed E-state index contributed by atoms with van der Waals surface area (Å²) in [5.74, 6) is -0.179. The summed E-state index contributed by atoms with van der Waals surface area (Å²) in [6.07, 6.45) is 3.56. The fraction of sp³-hybridized carbons (Fsp3) is 0.0800. The van der Waals surface area contributed by atoms with E-state index in [1.54, 1.807) is 13.0 Å². The van der Waals surface area contributed by atoms with Gasteiger partial charge in [-0.05, 0) is 55.0 Å². The Morgan fingerprint density at radius 1 is 0.862 bits per heavy atom. The number of hydrogen-bond acceptors (Lipinski definition) is 4. The topological polar surface area (TPSA) is 58.5 Å². The van der Waals surface area contributed by atoms with Gasteiger partial charge in [0, 0.05) is 16.5 Å². The van der Waals surface area contributed by atoms with Crippen LogP contribution in [0.3, 0.4) is 0 Å². The standard InChI is InChI=1S/C25H18N2O2/c1-14-7-9-17(10-8-14)27-22-13-21-19(12-23(28)15(2)26-21)20-11-16-5-3-4-6-18(16)25(29)24(20)22/h3-13,27H,1-2H3. The molecule has 0 amide bonds. The van der Waals surface area contributed by atoms with Gasteiger partial charge in [-0.15, -0.1) is 0 Å². The van der Waals surface area contributed by atoms with E-state index in [2.05, 4.69) is 10.3 Å². The lowest BCUT2D eigenvalue weighted by atomic mass is 9.88. The number of ketones is 2. The molecule has 3 aromatic rings. The largest absolute Gasteiger partial charge is 0.355 e. The van der Waals surface area contributed by atoms with Gasteiger partial charge < -0.3 is 5.32 Å². The summed E-state index contributed by atoms with van der Waals surface area (Å²) in [4.78, 5) is 30.2. The van der Waals surface area contributed by atoms with Crippen molar-refractivity contribution in [3.63, 3.8) is 0 Å². The molecule has 2 aliphatic rings. The van der Waals surface area contributed by atoms with E-state index in [1.807, 2.05) is 67.6 Å². The van der Waals surface area contributed by atoms with Gasteiger partial charge in [0.05, 0.1) is 22.6 Å². The third kappa shape index (κ3) is 2.81. The summed E-state index contributed by atoms with van der Waals surface area (Å²) in [5, 5.41) is 4.83. The predicted octanol–water partition coefficient (Wildman–Crippen LogP) is 3.57. The summed E-state index contributed by atoms with van der Waals surface area (Å²) < 4.78 is 0. The molecule has 0 radical (unpaired) electrons. The summed E-state index contributed by atoms with van der Waals surface area (Å²) in [6, 6.07) is 17.4. The van der Waals surface area contributed by atoms with E-state index in [0.29, 0.717) is 33.4 Å².